The molecular weight excluding hydrogens is 311 g/mol. The van der Waals surface area contributed by atoms with Gasteiger partial charge in [-0.2, -0.15) is 5.10 Å². The molecule has 1 aromatic heterocycles. The third-order valence-electron chi connectivity index (χ3n) is 3.24. The van der Waals surface area contributed by atoms with Crippen LogP contribution in [0.1, 0.15) is 11.1 Å². The molecule has 0 unspecified atom stereocenters. The van der Waals surface area contributed by atoms with Gasteiger partial charge in [-0.1, -0.05) is 12.1 Å². The Labute approximate surface area is 138 Å². The summed E-state index contributed by atoms with van der Waals surface area (Å²) in [5.74, 6) is 0.918. The normalized spacial score (nSPS) is 10.9. The summed E-state index contributed by atoms with van der Waals surface area (Å²) in [6.45, 7) is 0.324. The lowest BCUT2D eigenvalue weighted by molar-refractivity contribution is 0.284. The van der Waals surface area contributed by atoms with Crippen molar-refractivity contribution in [3.63, 3.8) is 0 Å². The van der Waals surface area contributed by atoms with Crippen molar-refractivity contribution in [2.75, 3.05) is 7.11 Å². The van der Waals surface area contributed by atoms with Crippen molar-refractivity contribution in [2.45, 2.75) is 6.61 Å². The van der Waals surface area contributed by atoms with Crippen LogP contribution in [0.5, 0.6) is 11.5 Å². The molecule has 0 atom stereocenters. The van der Waals surface area contributed by atoms with Crippen LogP contribution in [0, 0.1) is 5.82 Å². The van der Waals surface area contributed by atoms with Crippen LogP contribution in [0.3, 0.4) is 0 Å². The van der Waals surface area contributed by atoms with Gasteiger partial charge in [0.2, 0.25) is 0 Å². The molecule has 7 heteroatoms. The molecular formula is C17H15FN4O2. The number of nitrogens with zero attached hydrogens (tertiary/aromatic N) is 4. The van der Waals surface area contributed by atoms with Crippen LogP contribution in [-0.2, 0) is 6.61 Å². The second-order valence-corrected chi connectivity index (χ2v) is 4.91. The number of hydrogen-bond donors (Lipinski definition) is 0. The first-order valence-electron chi connectivity index (χ1n) is 7.19. The van der Waals surface area contributed by atoms with Gasteiger partial charge in [0.1, 0.15) is 25.1 Å². The van der Waals surface area contributed by atoms with Crippen LogP contribution in [0.15, 0.2) is 60.2 Å². The molecule has 0 aliphatic heterocycles. The Hall–Kier alpha value is -3.22. The molecule has 24 heavy (non-hydrogen) atoms. The fourth-order valence-electron chi connectivity index (χ4n) is 2.01. The van der Waals surface area contributed by atoms with E-state index in [-0.39, 0.29) is 5.82 Å². The van der Waals surface area contributed by atoms with Gasteiger partial charge in [-0.3, -0.25) is 0 Å². The predicted octanol–water partition coefficient (Wildman–Crippen LogP) is 2.89. The summed E-state index contributed by atoms with van der Waals surface area (Å²) < 4.78 is 25.5. The zero-order chi connectivity index (χ0) is 16.8. The molecule has 0 aliphatic carbocycles. The lowest BCUT2D eigenvalue weighted by Gasteiger charge is -2.11. The number of halogens is 1. The number of rotatable bonds is 6. The van der Waals surface area contributed by atoms with Crippen molar-refractivity contribution in [1.82, 2.24) is 14.9 Å². The van der Waals surface area contributed by atoms with E-state index in [4.69, 9.17) is 9.47 Å². The quantitative estimate of drug-likeness (QED) is 0.654. The minimum absolute atomic E-state index is 0.270. The van der Waals surface area contributed by atoms with E-state index in [1.165, 1.54) is 29.5 Å². The first kappa shape index (κ1) is 15.7. The minimum atomic E-state index is -0.270. The molecule has 0 aliphatic rings. The molecule has 0 bridgehead atoms. The van der Waals surface area contributed by atoms with Crippen LogP contribution < -0.4 is 9.47 Å². The summed E-state index contributed by atoms with van der Waals surface area (Å²) in [5.41, 5.74) is 1.71. The number of benzene rings is 2. The van der Waals surface area contributed by atoms with E-state index < -0.39 is 0 Å². The summed E-state index contributed by atoms with van der Waals surface area (Å²) in [6.07, 6.45) is 4.65. The van der Waals surface area contributed by atoms with E-state index in [9.17, 15) is 4.39 Å². The first-order chi connectivity index (χ1) is 11.7. The highest BCUT2D eigenvalue weighted by molar-refractivity contribution is 5.80. The number of methoxy groups -OCH3 is 1. The van der Waals surface area contributed by atoms with Crippen molar-refractivity contribution >= 4 is 6.21 Å². The van der Waals surface area contributed by atoms with Gasteiger partial charge in [0, 0.05) is 0 Å². The highest BCUT2D eigenvalue weighted by atomic mass is 19.1. The van der Waals surface area contributed by atoms with E-state index in [1.807, 2.05) is 12.1 Å². The van der Waals surface area contributed by atoms with Crippen LogP contribution in [0.2, 0.25) is 0 Å². The molecule has 0 radical (unpaired) electrons. The van der Waals surface area contributed by atoms with E-state index >= 15 is 0 Å². The Bertz CT molecular complexity index is 817. The van der Waals surface area contributed by atoms with Crippen molar-refractivity contribution in [2.24, 2.45) is 5.10 Å². The Morgan fingerprint density at radius 3 is 2.54 bits per heavy atom. The van der Waals surface area contributed by atoms with Crippen molar-refractivity contribution in [1.29, 1.82) is 0 Å². The molecule has 0 N–H and O–H groups in total. The fraction of sp³-hybridized carbons (Fsp3) is 0.118. The monoisotopic (exact) mass is 326 g/mol. The maximum absolute atomic E-state index is 12.9. The van der Waals surface area contributed by atoms with Crippen molar-refractivity contribution < 1.29 is 13.9 Å². The minimum Gasteiger partial charge on any atom is -0.493 e. The van der Waals surface area contributed by atoms with E-state index in [0.29, 0.717) is 18.1 Å². The van der Waals surface area contributed by atoms with Crippen LogP contribution in [-0.4, -0.2) is 28.2 Å². The van der Waals surface area contributed by atoms with Crippen LogP contribution >= 0.6 is 0 Å². The summed E-state index contributed by atoms with van der Waals surface area (Å²) in [6, 6.07) is 11.6. The van der Waals surface area contributed by atoms with E-state index in [1.54, 1.807) is 31.5 Å². The maximum Gasteiger partial charge on any atom is 0.161 e. The third-order valence-corrected chi connectivity index (χ3v) is 3.24. The first-order valence-corrected chi connectivity index (χ1v) is 7.19. The molecule has 3 rings (SSSR count). The summed E-state index contributed by atoms with van der Waals surface area (Å²) >= 11 is 0. The van der Waals surface area contributed by atoms with E-state index in [0.717, 1.165) is 11.1 Å². The fourth-order valence-corrected chi connectivity index (χ4v) is 2.01. The van der Waals surface area contributed by atoms with Crippen molar-refractivity contribution in [3.05, 3.63) is 72.1 Å². The Morgan fingerprint density at radius 2 is 1.83 bits per heavy atom. The molecule has 6 nitrogen and oxygen atoms in total. The molecule has 122 valence electrons. The lowest BCUT2D eigenvalue weighted by atomic mass is 10.2. The molecule has 0 saturated heterocycles. The van der Waals surface area contributed by atoms with Gasteiger partial charge in [-0.25, -0.2) is 9.07 Å². The van der Waals surface area contributed by atoms with Crippen LogP contribution in [0.4, 0.5) is 4.39 Å². The summed E-state index contributed by atoms with van der Waals surface area (Å²) in [5, 5.41) is 11.5. The number of hydrogen-bond acceptors (Lipinski definition) is 5. The van der Waals surface area contributed by atoms with Crippen LogP contribution in [0.25, 0.3) is 0 Å². The second kappa shape index (κ2) is 7.36. The van der Waals surface area contributed by atoms with Gasteiger partial charge in [-0.15, -0.1) is 10.2 Å². The SMILES string of the molecule is COc1cc(/C=N/n2cnnc2)ccc1OCc1ccc(F)cc1. The zero-order valence-corrected chi connectivity index (χ0v) is 13.0. The zero-order valence-electron chi connectivity index (χ0n) is 13.0. The standard InChI is InChI=1S/C17H15FN4O2/c1-23-17-8-14(9-21-22-11-19-20-12-22)4-7-16(17)24-10-13-2-5-15(18)6-3-13/h2-9,11-12H,10H2,1H3/b21-9+. The molecule has 0 spiro atoms. The molecule has 0 saturated carbocycles. The van der Waals surface area contributed by atoms with Gasteiger partial charge >= 0.3 is 0 Å². The Morgan fingerprint density at radius 1 is 1.08 bits per heavy atom. The Balaban J connectivity index is 1.70. The van der Waals surface area contributed by atoms with Gasteiger partial charge in [0.15, 0.2) is 11.5 Å². The van der Waals surface area contributed by atoms with Crippen molar-refractivity contribution in [3.8, 4) is 11.5 Å². The highest BCUT2D eigenvalue weighted by Crippen LogP contribution is 2.28. The number of aromatic nitrogens is 3. The molecule has 3 aromatic rings. The number of ether oxygens (including phenoxy) is 2. The predicted molar refractivity (Wildman–Crippen MR) is 86.7 cm³/mol. The molecule has 2 aromatic carbocycles. The second-order valence-electron chi connectivity index (χ2n) is 4.91. The summed E-state index contributed by atoms with van der Waals surface area (Å²) in [4.78, 5) is 0. The van der Waals surface area contributed by atoms with Gasteiger partial charge in [-0.05, 0) is 41.5 Å². The third kappa shape index (κ3) is 3.95. The molecule has 0 amide bonds. The van der Waals surface area contributed by atoms with Gasteiger partial charge in [0.25, 0.3) is 0 Å². The molecule has 0 fully saturated rings. The molecule has 1 heterocycles. The van der Waals surface area contributed by atoms with Gasteiger partial charge < -0.3 is 9.47 Å². The highest BCUT2D eigenvalue weighted by Gasteiger charge is 2.06. The summed E-state index contributed by atoms with van der Waals surface area (Å²) in [7, 11) is 1.57. The lowest BCUT2D eigenvalue weighted by Crippen LogP contribution is -1.98. The maximum atomic E-state index is 12.9. The van der Waals surface area contributed by atoms with E-state index in [2.05, 4.69) is 15.3 Å². The van der Waals surface area contributed by atoms with Gasteiger partial charge in [0.05, 0.1) is 13.3 Å². The largest absolute Gasteiger partial charge is 0.493 e. The topological polar surface area (TPSA) is 61.5 Å². The average Bonchev–Trinajstić information content (AvgIpc) is 3.13. The Kier molecular flexibility index (Phi) is 4.81. The smallest absolute Gasteiger partial charge is 0.161 e. The average molecular weight is 326 g/mol.